The van der Waals surface area contributed by atoms with E-state index in [9.17, 15) is 4.79 Å². The van der Waals surface area contributed by atoms with Crippen LogP contribution in [-0.4, -0.2) is 39.9 Å². The molecule has 140 valence electrons. The Morgan fingerprint density at radius 1 is 1.07 bits per heavy atom. The van der Waals surface area contributed by atoms with E-state index in [-0.39, 0.29) is 6.03 Å². The van der Waals surface area contributed by atoms with Crippen LogP contribution < -0.4 is 5.32 Å². The number of piperidine rings is 1. The number of imidazole rings is 1. The molecule has 0 aliphatic carbocycles. The van der Waals surface area contributed by atoms with Gasteiger partial charge < -0.3 is 14.6 Å². The number of carbonyl (C=O) groups excluding carboxylic acids is 1. The molecule has 2 amide bonds. The predicted molar refractivity (Wildman–Crippen MR) is 107 cm³/mol. The van der Waals surface area contributed by atoms with Crippen molar-refractivity contribution >= 4 is 11.7 Å². The average Bonchev–Trinajstić information content (AvgIpc) is 3.12. The van der Waals surface area contributed by atoms with Crippen LogP contribution in [0, 0.1) is 5.92 Å². The molecule has 0 bridgehead atoms. The van der Waals surface area contributed by atoms with Crippen LogP contribution in [0.2, 0.25) is 0 Å². The first kappa shape index (κ1) is 17.6. The van der Waals surface area contributed by atoms with Crippen LogP contribution >= 0.6 is 0 Å². The van der Waals surface area contributed by atoms with Crippen LogP contribution in [0.5, 0.6) is 0 Å². The number of benzene rings is 1. The number of fused-ring (bicyclic) bond motifs is 1. The van der Waals surface area contributed by atoms with Crippen molar-refractivity contribution in [3.63, 3.8) is 0 Å². The maximum Gasteiger partial charge on any atom is 0.317 e. The van der Waals surface area contributed by atoms with E-state index >= 15 is 0 Å². The molecule has 27 heavy (non-hydrogen) atoms. The molecule has 1 N–H and O–H groups in total. The first-order valence-electron chi connectivity index (χ1n) is 9.77. The third kappa shape index (κ3) is 4.48. The molecule has 0 radical (unpaired) electrons. The summed E-state index contributed by atoms with van der Waals surface area (Å²) < 4.78 is 2.01. The van der Waals surface area contributed by atoms with Gasteiger partial charge in [0.15, 0.2) is 0 Å². The summed E-state index contributed by atoms with van der Waals surface area (Å²) in [4.78, 5) is 18.9. The topological polar surface area (TPSA) is 49.6 Å². The van der Waals surface area contributed by atoms with Crippen LogP contribution in [0.3, 0.4) is 0 Å². The number of aromatic nitrogens is 2. The lowest BCUT2D eigenvalue weighted by Crippen LogP contribution is -2.45. The fourth-order valence-electron chi connectivity index (χ4n) is 3.80. The number of amides is 2. The fraction of sp³-hybridized carbons (Fsp3) is 0.364. The lowest BCUT2D eigenvalue weighted by molar-refractivity contribution is 0.170. The van der Waals surface area contributed by atoms with Gasteiger partial charge in [-0.1, -0.05) is 36.4 Å². The number of hydrogen-bond donors (Lipinski definition) is 1. The van der Waals surface area contributed by atoms with Crippen molar-refractivity contribution in [1.82, 2.24) is 19.6 Å². The zero-order chi connectivity index (χ0) is 18.5. The molecule has 5 heteroatoms. The number of carbonyl (C=O) groups is 1. The maximum atomic E-state index is 12.4. The van der Waals surface area contributed by atoms with E-state index in [1.165, 1.54) is 5.56 Å². The minimum atomic E-state index is 0.0527. The van der Waals surface area contributed by atoms with Gasteiger partial charge in [-0.05, 0) is 42.9 Å². The van der Waals surface area contributed by atoms with Gasteiger partial charge in [0.1, 0.15) is 5.65 Å². The summed E-state index contributed by atoms with van der Waals surface area (Å²) in [5.74, 6) is 0.675. The minimum absolute atomic E-state index is 0.0527. The molecule has 0 atom stereocenters. The molecule has 4 rings (SSSR count). The number of nitrogens with one attached hydrogen (secondary N) is 1. The molecule has 1 aromatic carbocycles. The Labute approximate surface area is 160 Å². The Bertz CT molecular complexity index is 848. The third-order valence-electron chi connectivity index (χ3n) is 5.34. The monoisotopic (exact) mass is 362 g/mol. The van der Waals surface area contributed by atoms with Crippen LogP contribution in [0.1, 0.15) is 24.1 Å². The summed E-state index contributed by atoms with van der Waals surface area (Å²) >= 11 is 0. The second-order valence-corrected chi connectivity index (χ2v) is 7.30. The van der Waals surface area contributed by atoms with E-state index in [0.29, 0.717) is 12.5 Å². The summed E-state index contributed by atoms with van der Waals surface area (Å²) in [7, 11) is 0. The highest BCUT2D eigenvalue weighted by Crippen LogP contribution is 2.21. The zero-order valence-electron chi connectivity index (χ0n) is 15.6. The Kier molecular flexibility index (Phi) is 5.37. The summed E-state index contributed by atoms with van der Waals surface area (Å²) in [5, 5.41) is 3.05. The molecular weight excluding hydrogens is 336 g/mol. The molecule has 0 saturated carbocycles. The molecule has 2 aromatic heterocycles. The second-order valence-electron chi connectivity index (χ2n) is 7.30. The average molecular weight is 362 g/mol. The number of urea groups is 1. The first-order chi connectivity index (χ1) is 13.3. The highest BCUT2D eigenvalue weighted by Gasteiger charge is 2.22. The lowest BCUT2D eigenvalue weighted by Gasteiger charge is -2.32. The van der Waals surface area contributed by atoms with Crippen LogP contribution in [0.15, 0.2) is 60.9 Å². The number of hydrogen-bond acceptors (Lipinski definition) is 2. The standard InChI is InChI=1S/C22H26N4O/c27-22(23-12-9-20-17-26-13-5-4-8-21(26)24-20)25-14-10-19(11-15-25)16-18-6-2-1-3-7-18/h1-8,13,17,19H,9-12,14-16H2,(H,23,27). The lowest BCUT2D eigenvalue weighted by atomic mass is 9.90. The summed E-state index contributed by atoms with van der Waals surface area (Å²) in [5.41, 5.74) is 3.34. The SMILES string of the molecule is O=C(NCCc1cn2ccccc2n1)N1CCC(Cc2ccccc2)CC1. The number of rotatable bonds is 5. The molecule has 1 saturated heterocycles. The number of likely N-dealkylation sites (tertiary alicyclic amines) is 1. The quantitative estimate of drug-likeness (QED) is 0.755. The number of pyridine rings is 1. The molecule has 1 aliphatic heterocycles. The molecular formula is C22H26N4O. The van der Waals surface area contributed by atoms with Crippen molar-refractivity contribution in [2.24, 2.45) is 5.92 Å². The normalized spacial score (nSPS) is 15.2. The van der Waals surface area contributed by atoms with Crippen molar-refractivity contribution in [3.05, 3.63) is 72.2 Å². The second kappa shape index (κ2) is 8.25. The molecule has 0 spiro atoms. The molecule has 3 aromatic rings. The third-order valence-corrected chi connectivity index (χ3v) is 5.34. The van der Waals surface area contributed by atoms with Gasteiger partial charge in [-0.25, -0.2) is 9.78 Å². The minimum Gasteiger partial charge on any atom is -0.338 e. The van der Waals surface area contributed by atoms with Gasteiger partial charge in [0.25, 0.3) is 0 Å². The van der Waals surface area contributed by atoms with Gasteiger partial charge >= 0.3 is 6.03 Å². The van der Waals surface area contributed by atoms with Crippen molar-refractivity contribution in [3.8, 4) is 0 Å². The van der Waals surface area contributed by atoms with E-state index in [1.807, 2.05) is 39.9 Å². The van der Waals surface area contributed by atoms with E-state index in [2.05, 4.69) is 40.6 Å². The van der Waals surface area contributed by atoms with E-state index in [1.54, 1.807) is 0 Å². The number of nitrogens with zero attached hydrogens (tertiary/aromatic N) is 3. The van der Waals surface area contributed by atoms with Gasteiger partial charge in [-0.2, -0.15) is 0 Å². The fourth-order valence-corrected chi connectivity index (χ4v) is 3.80. The summed E-state index contributed by atoms with van der Waals surface area (Å²) in [6.45, 7) is 2.31. The molecule has 0 unspecified atom stereocenters. The van der Waals surface area contributed by atoms with Crippen molar-refractivity contribution in [1.29, 1.82) is 0 Å². The largest absolute Gasteiger partial charge is 0.338 e. The Morgan fingerprint density at radius 2 is 1.85 bits per heavy atom. The maximum absolute atomic E-state index is 12.4. The molecule has 5 nitrogen and oxygen atoms in total. The van der Waals surface area contributed by atoms with Gasteiger partial charge in [0.05, 0.1) is 5.69 Å². The van der Waals surface area contributed by atoms with Gasteiger partial charge in [-0.15, -0.1) is 0 Å². The van der Waals surface area contributed by atoms with Crippen LogP contribution in [-0.2, 0) is 12.8 Å². The highest BCUT2D eigenvalue weighted by atomic mass is 16.2. The summed E-state index contributed by atoms with van der Waals surface area (Å²) in [6.07, 6.45) is 8.03. The van der Waals surface area contributed by atoms with E-state index in [0.717, 1.165) is 50.1 Å². The molecule has 3 heterocycles. The predicted octanol–water partition coefficient (Wildman–Crippen LogP) is 3.54. The Morgan fingerprint density at radius 3 is 2.63 bits per heavy atom. The van der Waals surface area contributed by atoms with Crippen LogP contribution in [0.4, 0.5) is 4.79 Å². The van der Waals surface area contributed by atoms with Crippen LogP contribution in [0.25, 0.3) is 5.65 Å². The van der Waals surface area contributed by atoms with Gasteiger partial charge in [-0.3, -0.25) is 0 Å². The molecule has 1 aliphatic rings. The van der Waals surface area contributed by atoms with Gasteiger partial charge in [0, 0.05) is 38.4 Å². The van der Waals surface area contributed by atoms with Crippen molar-refractivity contribution in [2.45, 2.75) is 25.7 Å². The van der Waals surface area contributed by atoms with Crippen molar-refractivity contribution < 1.29 is 4.79 Å². The Balaban J connectivity index is 1.20. The first-order valence-corrected chi connectivity index (χ1v) is 9.77. The highest BCUT2D eigenvalue weighted by molar-refractivity contribution is 5.74. The molecule has 1 fully saturated rings. The van der Waals surface area contributed by atoms with E-state index in [4.69, 9.17) is 0 Å². The van der Waals surface area contributed by atoms with E-state index < -0.39 is 0 Å². The Hall–Kier alpha value is -2.82. The zero-order valence-corrected chi connectivity index (χ0v) is 15.6. The smallest absolute Gasteiger partial charge is 0.317 e. The van der Waals surface area contributed by atoms with Crippen molar-refractivity contribution in [2.75, 3.05) is 19.6 Å². The summed E-state index contributed by atoms with van der Waals surface area (Å²) in [6, 6.07) is 16.7. The van der Waals surface area contributed by atoms with Gasteiger partial charge in [0.2, 0.25) is 0 Å².